The molecule has 0 unspecified atom stereocenters. The second kappa shape index (κ2) is 11.5. The van der Waals surface area contributed by atoms with E-state index in [-0.39, 0.29) is 17.1 Å². The Bertz CT molecular complexity index is 1230. The summed E-state index contributed by atoms with van der Waals surface area (Å²) >= 11 is 2.30. The van der Waals surface area contributed by atoms with E-state index in [1.54, 1.807) is 25.1 Å². The van der Waals surface area contributed by atoms with Crippen molar-refractivity contribution in [3.63, 3.8) is 0 Å². The molecular weight excluding hydrogens is 476 g/mol. The van der Waals surface area contributed by atoms with Crippen LogP contribution in [0.15, 0.2) is 29.8 Å². The van der Waals surface area contributed by atoms with Gasteiger partial charge in [-0.25, -0.2) is 24.5 Å². The first-order valence-electron chi connectivity index (χ1n) is 10.5. The van der Waals surface area contributed by atoms with Gasteiger partial charge in [0.25, 0.3) is 5.91 Å². The number of aromatic nitrogens is 3. The van der Waals surface area contributed by atoms with E-state index in [1.807, 2.05) is 19.2 Å². The molecule has 0 saturated carbocycles. The van der Waals surface area contributed by atoms with Gasteiger partial charge in [-0.05, 0) is 26.3 Å². The summed E-state index contributed by atoms with van der Waals surface area (Å²) < 4.78 is 0. The Morgan fingerprint density at radius 3 is 2.56 bits per heavy atom. The Morgan fingerprint density at radius 2 is 1.91 bits per heavy atom. The molecule has 0 atom stereocenters. The topological polar surface area (TPSA) is 146 Å². The fraction of sp³-hybridized carbons (Fsp3) is 0.273. The number of thiazole rings is 2. The van der Waals surface area contributed by atoms with Crippen molar-refractivity contribution in [3.8, 4) is 21.1 Å². The van der Waals surface area contributed by atoms with Crippen LogP contribution in [0.1, 0.15) is 46.6 Å². The molecule has 0 aliphatic heterocycles. The van der Waals surface area contributed by atoms with Crippen LogP contribution in [-0.2, 0) is 6.42 Å². The van der Waals surface area contributed by atoms with E-state index >= 15 is 0 Å². The third-order valence-electron chi connectivity index (χ3n) is 4.51. The molecular formula is C22H24N6O4S2. The predicted octanol–water partition coefficient (Wildman–Crippen LogP) is 4.04. The normalized spacial score (nSPS) is 10.9. The van der Waals surface area contributed by atoms with Crippen molar-refractivity contribution >= 4 is 46.4 Å². The first-order valence-corrected chi connectivity index (χ1v) is 12.2. The maximum Gasteiger partial charge on any atom is 0.348 e. The lowest BCUT2D eigenvalue weighted by Gasteiger charge is -2.09. The van der Waals surface area contributed by atoms with Crippen LogP contribution < -0.4 is 16.0 Å². The van der Waals surface area contributed by atoms with Gasteiger partial charge < -0.3 is 15.7 Å². The van der Waals surface area contributed by atoms with Crippen LogP contribution in [0.5, 0.6) is 0 Å². The smallest absolute Gasteiger partial charge is 0.348 e. The summed E-state index contributed by atoms with van der Waals surface area (Å²) in [4.78, 5) is 49.5. The lowest BCUT2D eigenvalue weighted by atomic mass is 10.1. The molecule has 3 rings (SSSR count). The fourth-order valence-corrected chi connectivity index (χ4v) is 4.73. The second-order valence-electron chi connectivity index (χ2n) is 6.88. The molecule has 0 aliphatic carbocycles. The van der Waals surface area contributed by atoms with Crippen molar-refractivity contribution < 1.29 is 19.5 Å². The van der Waals surface area contributed by atoms with Gasteiger partial charge in [0.15, 0.2) is 5.69 Å². The number of amides is 3. The van der Waals surface area contributed by atoms with Crippen molar-refractivity contribution in [3.05, 3.63) is 46.1 Å². The number of aromatic carboxylic acids is 1. The van der Waals surface area contributed by atoms with Gasteiger partial charge in [-0.1, -0.05) is 19.1 Å². The summed E-state index contributed by atoms with van der Waals surface area (Å²) in [6.07, 6.45) is 5.76. The third-order valence-corrected chi connectivity index (χ3v) is 6.51. The largest absolute Gasteiger partial charge is 0.477 e. The third kappa shape index (κ3) is 5.83. The fourth-order valence-electron chi connectivity index (χ4n) is 2.87. The molecule has 0 saturated heterocycles. The summed E-state index contributed by atoms with van der Waals surface area (Å²) in [7, 11) is 0. The number of carboxylic acid groups (broad SMARTS) is 1. The molecule has 0 aromatic carbocycles. The van der Waals surface area contributed by atoms with Crippen molar-refractivity contribution in [2.45, 2.75) is 27.2 Å². The van der Waals surface area contributed by atoms with Crippen LogP contribution in [0.3, 0.4) is 0 Å². The van der Waals surface area contributed by atoms with Gasteiger partial charge in [-0.15, -0.1) is 22.7 Å². The predicted molar refractivity (Wildman–Crippen MR) is 133 cm³/mol. The molecule has 10 nitrogen and oxygen atoms in total. The number of aryl methyl sites for hydroxylation is 1. The number of hydrogen-bond donors (Lipinski definition) is 4. The Morgan fingerprint density at radius 1 is 1.12 bits per heavy atom. The van der Waals surface area contributed by atoms with E-state index in [0.717, 1.165) is 23.5 Å². The summed E-state index contributed by atoms with van der Waals surface area (Å²) in [5.41, 5.74) is 1.87. The number of anilines is 1. The molecule has 3 heterocycles. The van der Waals surface area contributed by atoms with E-state index in [4.69, 9.17) is 0 Å². The highest BCUT2D eigenvalue weighted by Gasteiger charge is 2.25. The Labute approximate surface area is 204 Å². The lowest BCUT2D eigenvalue weighted by Crippen LogP contribution is -2.28. The summed E-state index contributed by atoms with van der Waals surface area (Å²) in [5, 5.41) is 20.5. The van der Waals surface area contributed by atoms with Crippen molar-refractivity contribution in [1.82, 2.24) is 25.6 Å². The van der Waals surface area contributed by atoms with Crippen molar-refractivity contribution in [2.24, 2.45) is 0 Å². The Hall–Kier alpha value is -3.64. The second-order valence-corrected chi connectivity index (χ2v) is 8.74. The number of rotatable bonds is 9. The highest BCUT2D eigenvalue weighted by atomic mass is 32.1. The number of hydrogen-bond acceptors (Lipinski definition) is 8. The number of pyridine rings is 1. The van der Waals surface area contributed by atoms with Crippen LogP contribution in [0.25, 0.3) is 21.1 Å². The van der Waals surface area contributed by atoms with Gasteiger partial charge >= 0.3 is 12.0 Å². The molecule has 178 valence electrons. The molecule has 0 radical (unpaired) electrons. The molecule has 4 N–H and O–H groups in total. The first-order chi connectivity index (χ1) is 16.4. The minimum atomic E-state index is -1.24. The van der Waals surface area contributed by atoms with E-state index in [1.165, 1.54) is 17.5 Å². The van der Waals surface area contributed by atoms with E-state index < -0.39 is 17.9 Å². The molecule has 3 aromatic heterocycles. The van der Waals surface area contributed by atoms with Crippen molar-refractivity contribution in [1.29, 1.82) is 0 Å². The maximum atomic E-state index is 12.6. The highest BCUT2D eigenvalue weighted by Crippen LogP contribution is 2.38. The molecule has 0 spiro atoms. The van der Waals surface area contributed by atoms with E-state index in [9.17, 15) is 19.5 Å². The quantitative estimate of drug-likeness (QED) is 0.324. The molecule has 0 aliphatic rings. The number of carboxylic acids is 1. The molecule has 12 heteroatoms. The van der Waals surface area contributed by atoms with Crippen LogP contribution in [0.4, 0.5) is 10.6 Å². The zero-order valence-corrected chi connectivity index (χ0v) is 20.5. The van der Waals surface area contributed by atoms with Crippen LogP contribution >= 0.6 is 22.7 Å². The van der Waals surface area contributed by atoms with Gasteiger partial charge in [0.1, 0.15) is 20.7 Å². The maximum absolute atomic E-state index is 12.6. The first kappa shape index (κ1) is 25.0. The van der Waals surface area contributed by atoms with Gasteiger partial charge in [0.2, 0.25) is 0 Å². The molecule has 3 aromatic rings. The Balaban J connectivity index is 2.08. The van der Waals surface area contributed by atoms with Gasteiger partial charge in [0, 0.05) is 35.8 Å². The van der Waals surface area contributed by atoms with E-state index in [0.29, 0.717) is 33.5 Å². The minimum Gasteiger partial charge on any atom is -0.477 e. The number of urea groups is 1. The molecule has 3 amide bonds. The number of carbonyl (C=O) groups is 3. The highest BCUT2D eigenvalue weighted by molar-refractivity contribution is 7.17. The minimum absolute atomic E-state index is 0.166. The molecule has 34 heavy (non-hydrogen) atoms. The summed E-state index contributed by atoms with van der Waals surface area (Å²) in [6, 6.07) is 1.26. The number of allylic oxidation sites excluding steroid dienone is 1. The SMILES string of the molecule is C/C=C/CNC(=O)c1nc(-c2cnc(NC(=O)NCC)cc2-c2nc(CC)cs2)sc1C(=O)O. The zero-order valence-electron chi connectivity index (χ0n) is 18.8. The van der Waals surface area contributed by atoms with Crippen LogP contribution in [0.2, 0.25) is 0 Å². The lowest BCUT2D eigenvalue weighted by molar-refractivity contribution is 0.0696. The standard InChI is InChI=1S/C22H24N6O4S2/c1-4-7-8-24-18(29)16-17(21(30)31)34-20(28-16)14-10-25-15(27-22(32)23-6-3)9-13(14)19-26-12(5-2)11-33-19/h4,7,9-11H,5-6,8H2,1-3H3,(H,24,29)(H,30,31)(H2,23,25,27,32)/b7-4+. The monoisotopic (exact) mass is 500 g/mol. The van der Waals surface area contributed by atoms with E-state index in [2.05, 4.69) is 30.9 Å². The number of nitrogens with zero attached hydrogens (tertiary/aromatic N) is 3. The number of nitrogens with one attached hydrogen (secondary N) is 3. The van der Waals surface area contributed by atoms with Crippen LogP contribution in [0, 0.1) is 0 Å². The van der Waals surface area contributed by atoms with Crippen LogP contribution in [-0.4, -0.2) is 51.1 Å². The van der Waals surface area contributed by atoms with Gasteiger partial charge in [-0.2, -0.15) is 0 Å². The number of carbonyl (C=O) groups excluding carboxylic acids is 2. The van der Waals surface area contributed by atoms with Gasteiger partial charge in [0.05, 0.1) is 5.69 Å². The average Bonchev–Trinajstić information content (AvgIpc) is 3.47. The van der Waals surface area contributed by atoms with Crippen molar-refractivity contribution in [2.75, 3.05) is 18.4 Å². The average molecular weight is 501 g/mol. The Kier molecular flexibility index (Phi) is 8.44. The molecule has 0 bridgehead atoms. The summed E-state index contributed by atoms with van der Waals surface area (Å²) in [5.74, 6) is -1.52. The zero-order chi connectivity index (χ0) is 24.7. The summed E-state index contributed by atoms with van der Waals surface area (Å²) in [6.45, 7) is 6.33. The van der Waals surface area contributed by atoms with Gasteiger partial charge in [-0.3, -0.25) is 10.1 Å². The molecule has 0 fully saturated rings.